The number of phenolic OH excluding ortho intramolecular Hbond substituents is 1. The van der Waals surface area contributed by atoms with Crippen LogP contribution >= 0.6 is 11.3 Å². The monoisotopic (exact) mass is 292 g/mol. The first kappa shape index (κ1) is 14.3. The van der Waals surface area contributed by atoms with Crippen molar-refractivity contribution in [2.75, 3.05) is 14.2 Å². The molecule has 1 amide bonds. The highest BCUT2D eigenvalue weighted by atomic mass is 32.1. The van der Waals surface area contributed by atoms with Crippen molar-refractivity contribution in [1.29, 1.82) is 0 Å². The van der Waals surface area contributed by atoms with Crippen LogP contribution in [-0.2, 0) is 6.54 Å². The predicted octanol–water partition coefficient (Wildman–Crippen LogP) is 2.44. The van der Waals surface area contributed by atoms with E-state index in [1.807, 2.05) is 12.3 Å². The minimum atomic E-state index is -0.173. The van der Waals surface area contributed by atoms with Crippen molar-refractivity contribution in [3.05, 3.63) is 39.8 Å². The van der Waals surface area contributed by atoms with Crippen molar-refractivity contribution in [1.82, 2.24) is 9.88 Å². The van der Waals surface area contributed by atoms with Crippen LogP contribution in [0.15, 0.2) is 23.6 Å². The Morgan fingerprint density at radius 2 is 2.25 bits per heavy atom. The first-order chi connectivity index (χ1) is 9.51. The van der Waals surface area contributed by atoms with E-state index in [0.29, 0.717) is 17.9 Å². The number of methoxy groups -OCH3 is 1. The van der Waals surface area contributed by atoms with Crippen LogP contribution in [0.4, 0.5) is 0 Å². The van der Waals surface area contributed by atoms with E-state index in [4.69, 9.17) is 4.74 Å². The SMILES string of the molecule is COc1ccc(C(=O)N(C)Cc2csc(C)n2)cc1O. The molecule has 0 aliphatic rings. The molecule has 5 nitrogen and oxygen atoms in total. The maximum absolute atomic E-state index is 12.3. The van der Waals surface area contributed by atoms with Gasteiger partial charge in [0.2, 0.25) is 0 Å². The fourth-order valence-electron chi connectivity index (χ4n) is 1.84. The molecule has 2 rings (SSSR count). The number of hydrogen-bond donors (Lipinski definition) is 1. The lowest BCUT2D eigenvalue weighted by molar-refractivity contribution is 0.0783. The van der Waals surface area contributed by atoms with Gasteiger partial charge in [-0.05, 0) is 25.1 Å². The Morgan fingerprint density at radius 1 is 1.50 bits per heavy atom. The average Bonchev–Trinajstić information content (AvgIpc) is 2.83. The molecule has 0 saturated carbocycles. The van der Waals surface area contributed by atoms with Crippen molar-refractivity contribution in [2.45, 2.75) is 13.5 Å². The molecule has 0 atom stereocenters. The summed E-state index contributed by atoms with van der Waals surface area (Å²) in [4.78, 5) is 18.1. The summed E-state index contributed by atoms with van der Waals surface area (Å²) in [5.74, 6) is 0.129. The first-order valence-electron chi connectivity index (χ1n) is 6.04. The number of carbonyl (C=O) groups is 1. The van der Waals surface area contributed by atoms with Gasteiger partial charge in [-0.25, -0.2) is 4.98 Å². The molecule has 0 radical (unpaired) electrons. The summed E-state index contributed by atoms with van der Waals surface area (Å²) in [5, 5.41) is 12.6. The number of thiazole rings is 1. The number of phenols is 1. The Hall–Kier alpha value is -2.08. The second-order valence-electron chi connectivity index (χ2n) is 4.41. The number of aromatic nitrogens is 1. The van der Waals surface area contributed by atoms with Crippen LogP contribution in [0, 0.1) is 6.92 Å². The van der Waals surface area contributed by atoms with Gasteiger partial charge in [0.25, 0.3) is 5.91 Å². The number of aryl methyl sites for hydroxylation is 1. The van der Waals surface area contributed by atoms with Crippen molar-refractivity contribution < 1.29 is 14.6 Å². The zero-order chi connectivity index (χ0) is 14.7. The summed E-state index contributed by atoms with van der Waals surface area (Å²) >= 11 is 1.56. The van der Waals surface area contributed by atoms with Crippen LogP contribution < -0.4 is 4.74 Å². The van der Waals surface area contributed by atoms with E-state index in [9.17, 15) is 9.90 Å². The molecule has 0 unspecified atom stereocenters. The minimum Gasteiger partial charge on any atom is -0.504 e. The minimum absolute atomic E-state index is 0.0451. The number of nitrogens with zero attached hydrogens (tertiary/aromatic N) is 2. The summed E-state index contributed by atoms with van der Waals surface area (Å²) < 4.78 is 4.96. The van der Waals surface area contributed by atoms with Gasteiger partial charge in [-0.2, -0.15) is 0 Å². The molecule has 106 valence electrons. The van der Waals surface area contributed by atoms with Crippen LogP contribution in [0.2, 0.25) is 0 Å². The molecule has 1 heterocycles. The predicted molar refractivity (Wildman–Crippen MR) is 77.3 cm³/mol. The molecule has 0 aliphatic carbocycles. The highest BCUT2D eigenvalue weighted by Crippen LogP contribution is 2.26. The Labute approximate surface area is 121 Å². The van der Waals surface area contributed by atoms with Gasteiger partial charge in [0, 0.05) is 18.0 Å². The topological polar surface area (TPSA) is 62.7 Å². The number of rotatable bonds is 4. The van der Waals surface area contributed by atoms with Gasteiger partial charge < -0.3 is 14.7 Å². The Morgan fingerprint density at radius 3 is 2.80 bits per heavy atom. The largest absolute Gasteiger partial charge is 0.504 e. The van der Waals surface area contributed by atoms with E-state index < -0.39 is 0 Å². The third-order valence-electron chi connectivity index (χ3n) is 2.84. The van der Waals surface area contributed by atoms with Gasteiger partial charge in [-0.1, -0.05) is 0 Å². The molecule has 0 saturated heterocycles. The van der Waals surface area contributed by atoms with Gasteiger partial charge in [0.1, 0.15) is 0 Å². The summed E-state index contributed by atoms with van der Waals surface area (Å²) in [6, 6.07) is 4.61. The first-order valence-corrected chi connectivity index (χ1v) is 6.92. The molecular weight excluding hydrogens is 276 g/mol. The van der Waals surface area contributed by atoms with Crippen molar-refractivity contribution in [3.63, 3.8) is 0 Å². The quantitative estimate of drug-likeness (QED) is 0.940. The number of amides is 1. The maximum Gasteiger partial charge on any atom is 0.254 e. The van der Waals surface area contributed by atoms with Crippen molar-refractivity contribution >= 4 is 17.2 Å². The van der Waals surface area contributed by atoms with E-state index in [2.05, 4.69) is 4.98 Å². The van der Waals surface area contributed by atoms with Crippen molar-refractivity contribution in [2.24, 2.45) is 0 Å². The lowest BCUT2D eigenvalue weighted by Crippen LogP contribution is -2.26. The Balaban J connectivity index is 2.12. The summed E-state index contributed by atoms with van der Waals surface area (Å²) in [5.41, 5.74) is 1.28. The fourth-order valence-corrected chi connectivity index (χ4v) is 2.44. The van der Waals surface area contributed by atoms with Crippen LogP contribution in [0.25, 0.3) is 0 Å². The van der Waals surface area contributed by atoms with Crippen LogP contribution in [0.5, 0.6) is 11.5 Å². The number of ether oxygens (including phenoxy) is 1. The summed E-state index contributed by atoms with van der Waals surface area (Å²) in [7, 11) is 3.17. The Kier molecular flexibility index (Phi) is 4.24. The number of aromatic hydroxyl groups is 1. The fraction of sp³-hybridized carbons (Fsp3) is 0.286. The number of hydrogen-bond acceptors (Lipinski definition) is 5. The maximum atomic E-state index is 12.3. The summed E-state index contributed by atoms with van der Waals surface area (Å²) in [6.45, 7) is 2.37. The van der Waals surface area contributed by atoms with E-state index in [0.717, 1.165) is 10.7 Å². The van der Waals surface area contributed by atoms with Gasteiger partial charge >= 0.3 is 0 Å². The third kappa shape index (κ3) is 3.08. The van der Waals surface area contributed by atoms with Gasteiger partial charge in [-0.15, -0.1) is 11.3 Å². The van der Waals surface area contributed by atoms with Gasteiger partial charge in [-0.3, -0.25) is 4.79 Å². The average molecular weight is 292 g/mol. The highest BCUT2D eigenvalue weighted by molar-refractivity contribution is 7.09. The molecule has 2 aromatic rings. The molecule has 0 fully saturated rings. The molecule has 1 N–H and O–H groups in total. The lowest BCUT2D eigenvalue weighted by atomic mass is 10.1. The van der Waals surface area contributed by atoms with Crippen LogP contribution in [0.1, 0.15) is 21.1 Å². The lowest BCUT2D eigenvalue weighted by Gasteiger charge is -2.16. The molecule has 1 aromatic heterocycles. The molecule has 0 aliphatic heterocycles. The van der Waals surface area contributed by atoms with E-state index in [1.54, 1.807) is 35.4 Å². The second kappa shape index (κ2) is 5.92. The van der Waals surface area contributed by atoms with Gasteiger partial charge in [0.15, 0.2) is 11.5 Å². The van der Waals surface area contributed by atoms with Gasteiger partial charge in [0.05, 0.1) is 24.4 Å². The highest BCUT2D eigenvalue weighted by Gasteiger charge is 2.15. The molecular formula is C14H16N2O3S. The smallest absolute Gasteiger partial charge is 0.254 e. The van der Waals surface area contributed by atoms with E-state index in [1.165, 1.54) is 13.2 Å². The van der Waals surface area contributed by atoms with E-state index in [-0.39, 0.29) is 11.7 Å². The van der Waals surface area contributed by atoms with Crippen LogP contribution in [0.3, 0.4) is 0 Å². The summed E-state index contributed by atoms with van der Waals surface area (Å²) in [6.07, 6.45) is 0. The zero-order valence-corrected chi connectivity index (χ0v) is 12.4. The third-order valence-corrected chi connectivity index (χ3v) is 3.66. The molecule has 6 heteroatoms. The molecule has 0 spiro atoms. The molecule has 20 heavy (non-hydrogen) atoms. The zero-order valence-electron chi connectivity index (χ0n) is 11.6. The molecule has 1 aromatic carbocycles. The normalized spacial score (nSPS) is 10.3. The number of carbonyl (C=O) groups excluding carboxylic acids is 1. The van der Waals surface area contributed by atoms with E-state index >= 15 is 0 Å². The number of benzene rings is 1. The van der Waals surface area contributed by atoms with Crippen molar-refractivity contribution in [3.8, 4) is 11.5 Å². The molecule has 0 bridgehead atoms. The standard InChI is InChI=1S/C14H16N2O3S/c1-9-15-11(8-20-9)7-16(2)14(18)10-4-5-13(19-3)12(17)6-10/h4-6,8,17H,7H2,1-3H3. The second-order valence-corrected chi connectivity index (χ2v) is 5.47. The Bertz CT molecular complexity index is 625. The van der Waals surface area contributed by atoms with Crippen LogP contribution in [-0.4, -0.2) is 35.1 Å².